The van der Waals surface area contributed by atoms with Gasteiger partial charge in [-0.05, 0) is 37.6 Å². The maximum Gasteiger partial charge on any atom is 0.367 e. The molecule has 0 aromatic heterocycles. The molecule has 5 nitrogen and oxygen atoms in total. The minimum absolute atomic E-state index is 0.120. The van der Waals surface area contributed by atoms with E-state index in [0.717, 1.165) is 0 Å². The number of hydrogen-bond donors (Lipinski definition) is 1. The summed E-state index contributed by atoms with van der Waals surface area (Å²) < 4.78 is 5.27. The molecule has 1 aromatic rings. The molecule has 0 saturated heterocycles. The van der Waals surface area contributed by atoms with Crippen molar-refractivity contribution in [1.29, 1.82) is 0 Å². The van der Waals surface area contributed by atoms with Crippen LogP contribution < -0.4 is 4.74 Å². The van der Waals surface area contributed by atoms with Crippen molar-refractivity contribution in [2.45, 2.75) is 13.8 Å². The molecule has 0 saturated carbocycles. The zero-order valence-corrected chi connectivity index (χ0v) is 11.2. The Kier molecular flexibility index (Phi) is 3.76. The van der Waals surface area contributed by atoms with Crippen molar-refractivity contribution in [3.8, 4) is 11.5 Å². The number of rotatable bonds is 3. The van der Waals surface area contributed by atoms with Crippen LogP contribution in [-0.4, -0.2) is 23.4 Å². The highest BCUT2D eigenvalue weighted by atomic mass is 35.5. The molecule has 0 radical (unpaired) electrons. The summed E-state index contributed by atoms with van der Waals surface area (Å²) in [6.07, 6.45) is 1.59. The van der Waals surface area contributed by atoms with Crippen molar-refractivity contribution >= 4 is 29.4 Å². The summed E-state index contributed by atoms with van der Waals surface area (Å²) in [6, 6.07) is 3.13. The normalized spacial score (nSPS) is 16.5. The van der Waals surface area contributed by atoms with Crippen molar-refractivity contribution in [2.75, 3.05) is 6.61 Å². The monoisotopic (exact) mass is 281 g/mol. The maximum absolute atomic E-state index is 11.4. The molecule has 2 rings (SSSR count). The zero-order chi connectivity index (χ0) is 14.0. The minimum Gasteiger partial charge on any atom is -0.503 e. The second-order valence-electron chi connectivity index (χ2n) is 3.90. The number of carbonyl (C=O) groups excluding carboxylic acids is 1. The summed E-state index contributed by atoms with van der Waals surface area (Å²) >= 11 is 5.91. The van der Waals surface area contributed by atoms with Crippen LogP contribution in [0.4, 0.5) is 0 Å². The largest absolute Gasteiger partial charge is 0.503 e. The molecule has 19 heavy (non-hydrogen) atoms. The van der Waals surface area contributed by atoms with Crippen LogP contribution in [0.25, 0.3) is 6.08 Å². The molecule has 0 bridgehead atoms. The third-order valence-electron chi connectivity index (χ3n) is 2.54. The SMILES string of the molecule is CCOc1cc(C=C2C(=O)ON=C2C)cc(Cl)c1O. The molecule has 0 spiro atoms. The van der Waals surface area contributed by atoms with Crippen molar-refractivity contribution in [3.63, 3.8) is 0 Å². The van der Waals surface area contributed by atoms with Gasteiger partial charge < -0.3 is 14.7 Å². The van der Waals surface area contributed by atoms with Gasteiger partial charge in [-0.3, -0.25) is 0 Å². The predicted molar refractivity (Wildman–Crippen MR) is 71.5 cm³/mol. The average molecular weight is 282 g/mol. The Morgan fingerprint density at radius 1 is 1.53 bits per heavy atom. The van der Waals surface area contributed by atoms with Crippen LogP contribution in [0.5, 0.6) is 11.5 Å². The number of phenols is 1. The minimum atomic E-state index is -0.514. The van der Waals surface area contributed by atoms with E-state index in [2.05, 4.69) is 9.99 Å². The van der Waals surface area contributed by atoms with Crippen molar-refractivity contribution in [2.24, 2.45) is 5.16 Å². The standard InChI is InChI=1S/C13H12ClNO4/c1-3-18-11-6-8(5-10(14)12(11)16)4-9-7(2)15-19-13(9)17/h4-6,16H,3H2,1-2H3. The number of carbonyl (C=O) groups is 1. The first-order valence-corrected chi connectivity index (χ1v) is 6.04. The van der Waals surface area contributed by atoms with Crippen molar-refractivity contribution in [1.82, 2.24) is 0 Å². The molecular weight excluding hydrogens is 270 g/mol. The van der Waals surface area contributed by atoms with Gasteiger partial charge in [0.2, 0.25) is 0 Å². The van der Waals surface area contributed by atoms with Gasteiger partial charge in [0.05, 0.1) is 22.9 Å². The van der Waals surface area contributed by atoms with E-state index >= 15 is 0 Å². The number of ether oxygens (including phenoxy) is 1. The smallest absolute Gasteiger partial charge is 0.367 e. The lowest BCUT2D eigenvalue weighted by atomic mass is 10.1. The molecule has 6 heteroatoms. The van der Waals surface area contributed by atoms with E-state index in [1.165, 1.54) is 6.07 Å². The fourth-order valence-electron chi connectivity index (χ4n) is 1.63. The number of nitrogens with zero attached hydrogens (tertiary/aromatic N) is 1. The fraction of sp³-hybridized carbons (Fsp3) is 0.231. The third kappa shape index (κ3) is 2.71. The topological polar surface area (TPSA) is 68.1 Å². The zero-order valence-electron chi connectivity index (χ0n) is 10.4. The Labute approximate surface area is 115 Å². The molecule has 0 unspecified atom stereocenters. The first kappa shape index (κ1) is 13.4. The van der Waals surface area contributed by atoms with E-state index in [1.807, 2.05) is 0 Å². The van der Waals surface area contributed by atoms with Gasteiger partial charge in [0.15, 0.2) is 11.5 Å². The molecular formula is C13H12ClNO4. The van der Waals surface area contributed by atoms with Gasteiger partial charge in [0, 0.05) is 0 Å². The highest BCUT2D eigenvalue weighted by Crippen LogP contribution is 2.36. The van der Waals surface area contributed by atoms with Crippen LogP contribution >= 0.6 is 11.6 Å². The molecule has 0 fully saturated rings. The van der Waals surface area contributed by atoms with Gasteiger partial charge >= 0.3 is 5.97 Å². The third-order valence-corrected chi connectivity index (χ3v) is 2.82. The molecule has 0 amide bonds. The van der Waals surface area contributed by atoms with Crippen LogP contribution in [-0.2, 0) is 9.63 Å². The molecule has 1 aromatic carbocycles. The Hall–Kier alpha value is -2.01. The number of aromatic hydroxyl groups is 1. The second kappa shape index (κ2) is 5.32. The summed E-state index contributed by atoms with van der Waals surface area (Å²) in [7, 11) is 0. The summed E-state index contributed by atoms with van der Waals surface area (Å²) in [5.41, 5.74) is 1.46. The Balaban J connectivity index is 2.44. The van der Waals surface area contributed by atoms with Crippen molar-refractivity contribution < 1.29 is 19.5 Å². The summed E-state index contributed by atoms with van der Waals surface area (Å²) in [6.45, 7) is 3.86. The van der Waals surface area contributed by atoms with Crippen molar-refractivity contribution in [3.05, 3.63) is 28.3 Å². The summed E-state index contributed by atoms with van der Waals surface area (Å²) in [4.78, 5) is 16.0. The van der Waals surface area contributed by atoms with E-state index < -0.39 is 5.97 Å². The lowest BCUT2D eigenvalue weighted by Gasteiger charge is -2.08. The number of phenolic OH excluding ortho intramolecular Hbond substituents is 1. The number of halogens is 1. The van der Waals surface area contributed by atoms with E-state index in [1.54, 1.807) is 26.0 Å². The van der Waals surface area contributed by atoms with Crippen LogP contribution in [0.1, 0.15) is 19.4 Å². The number of oxime groups is 1. The van der Waals surface area contributed by atoms with Crippen LogP contribution in [0.2, 0.25) is 5.02 Å². The molecule has 1 aliphatic rings. The van der Waals surface area contributed by atoms with E-state index in [4.69, 9.17) is 16.3 Å². The van der Waals surface area contributed by atoms with Crippen LogP contribution in [0, 0.1) is 0 Å². The van der Waals surface area contributed by atoms with Gasteiger partial charge in [-0.25, -0.2) is 4.79 Å². The highest BCUT2D eigenvalue weighted by Gasteiger charge is 2.22. The lowest BCUT2D eigenvalue weighted by molar-refractivity contribution is -0.136. The maximum atomic E-state index is 11.4. The van der Waals surface area contributed by atoms with Crippen LogP contribution in [0.15, 0.2) is 22.9 Å². The van der Waals surface area contributed by atoms with Gasteiger partial charge in [-0.15, -0.1) is 0 Å². The first-order valence-electron chi connectivity index (χ1n) is 5.66. The summed E-state index contributed by atoms with van der Waals surface area (Å²) in [5, 5.41) is 13.5. The van der Waals surface area contributed by atoms with Gasteiger partial charge in [0.25, 0.3) is 0 Å². The molecule has 100 valence electrons. The Morgan fingerprint density at radius 2 is 2.26 bits per heavy atom. The van der Waals surface area contributed by atoms with E-state index in [9.17, 15) is 9.90 Å². The van der Waals surface area contributed by atoms with Gasteiger partial charge in [-0.2, -0.15) is 0 Å². The average Bonchev–Trinajstić information content (AvgIpc) is 2.67. The molecule has 1 aliphatic heterocycles. The predicted octanol–water partition coefficient (Wildman–Crippen LogP) is 2.76. The lowest BCUT2D eigenvalue weighted by Crippen LogP contribution is -2.01. The van der Waals surface area contributed by atoms with Gasteiger partial charge in [0.1, 0.15) is 0 Å². The second-order valence-corrected chi connectivity index (χ2v) is 4.30. The highest BCUT2D eigenvalue weighted by molar-refractivity contribution is 6.32. The van der Waals surface area contributed by atoms with Gasteiger partial charge in [-0.1, -0.05) is 16.8 Å². The molecule has 0 aliphatic carbocycles. The van der Waals surface area contributed by atoms with E-state index in [0.29, 0.717) is 23.5 Å². The van der Waals surface area contributed by atoms with Crippen LogP contribution in [0.3, 0.4) is 0 Å². The number of benzene rings is 1. The van der Waals surface area contributed by atoms with E-state index in [-0.39, 0.29) is 16.5 Å². The molecule has 1 N–H and O–H groups in total. The number of hydrogen-bond acceptors (Lipinski definition) is 5. The molecule has 1 heterocycles. The fourth-order valence-corrected chi connectivity index (χ4v) is 1.85. The quantitative estimate of drug-likeness (QED) is 0.683. The Bertz CT molecular complexity index is 593. The Morgan fingerprint density at radius 3 is 2.84 bits per heavy atom. The summed E-state index contributed by atoms with van der Waals surface area (Å²) in [5.74, 6) is -0.368. The first-order chi connectivity index (χ1) is 9.02. The molecule has 0 atom stereocenters.